The van der Waals surface area contributed by atoms with Crippen LogP contribution >= 0.6 is 0 Å². The zero-order valence-corrected chi connectivity index (χ0v) is 10.0. The average molecular weight is 233 g/mol. The number of rotatable bonds is 4. The molecule has 0 aliphatic rings. The highest BCUT2D eigenvalue weighted by molar-refractivity contribution is 5.94. The van der Waals surface area contributed by atoms with Crippen LogP contribution in [0.3, 0.4) is 0 Å². The van der Waals surface area contributed by atoms with Crippen molar-refractivity contribution in [2.24, 2.45) is 7.05 Å². The van der Waals surface area contributed by atoms with Crippen molar-refractivity contribution < 1.29 is 4.79 Å². The number of amides is 1. The summed E-state index contributed by atoms with van der Waals surface area (Å²) < 4.78 is 1.41. The van der Waals surface area contributed by atoms with Gasteiger partial charge < -0.3 is 9.47 Å². The lowest BCUT2D eigenvalue weighted by atomic mass is 10.2. The molecule has 0 bridgehead atoms. The minimum atomic E-state index is -0.216. The van der Waals surface area contributed by atoms with E-state index in [-0.39, 0.29) is 11.5 Å². The molecule has 0 saturated carbocycles. The van der Waals surface area contributed by atoms with Crippen LogP contribution in [0.5, 0.6) is 0 Å². The molecule has 5 nitrogen and oxygen atoms in total. The Morgan fingerprint density at radius 1 is 1.59 bits per heavy atom. The lowest BCUT2D eigenvalue weighted by molar-refractivity contribution is 0.0767. The molecular formula is C12H15N3O2. The zero-order valence-electron chi connectivity index (χ0n) is 10.0. The molecule has 5 heteroatoms. The van der Waals surface area contributed by atoms with E-state index in [0.29, 0.717) is 25.1 Å². The van der Waals surface area contributed by atoms with Gasteiger partial charge in [0.15, 0.2) is 0 Å². The SMILES string of the molecule is CCN(CCC#N)C(=O)c1ccn(C)c(=O)c1. The van der Waals surface area contributed by atoms with Crippen molar-refractivity contribution in [3.05, 3.63) is 34.2 Å². The third kappa shape index (κ3) is 3.18. The standard InChI is InChI=1S/C12H15N3O2/c1-3-15(7-4-6-13)12(17)10-5-8-14(2)11(16)9-10/h5,8-9H,3-4,7H2,1-2H3. The van der Waals surface area contributed by atoms with Crippen LogP contribution in [0.4, 0.5) is 0 Å². The van der Waals surface area contributed by atoms with E-state index in [4.69, 9.17) is 5.26 Å². The summed E-state index contributed by atoms with van der Waals surface area (Å²) in [6.45, 7) is 2.76. The number of pyridine rings is 1. The van der Waals surface area contributed by atoms with E-state index in [1.165, 1.54) is 10.6 Å². The molecule has 1 amide bonds. The Kier molecular flexibility index (Phi) is 4.46. The topological polar surface area (TPSA) is 66.1 Å². The van der Waals surface area contributed by atoms with E-state index in [0.717, 1.165) is 0 Å². The van der Waals surface area contributed by atoms with Crippen LogP contribution in [0, 0.1) is 11.3 Å². The molecule has 0 saturated heterocycles. The summed E-state index contributed by atoms with van der Waals surface area (Å²) in [5.41, 5.74) is 0.153. The first-order valence-electron chi connectivity index (χ1n) is 5.43. The van der Waals surface area contributed by atoms with Crippen LogP contribution < -0.4 is 5.56 Å². The second kappa shape index (κ2) is 5.85. The number of hydrogen-bond donors (Lipinski definition) is 0. The monoisotopic (exact) mass is 233 g/mol. The first-order valence-corrected chi connectivity index (χ1v) is 5.43. The minimum absolute atomic E-state index is 0.208. The minimum Gasteiger partial charge on any atom is -0.338 e. The van der Waals surface area contributed by atoms with Crippen molar-refractivity contribution in [1.29, 1.82) is 5.26 Å². The molecule has 0 spiro atoms. The first kappa shape index (κ1) is 13.0. The van der Waals surface area contributed by atoms with Crippen LogP contribution in [0.2, 0.25) is 0 Å². The molecule has 1 heterocycles. The third-order valence-corrected chi connectivity index (χ3v) is 2.51. The molecule has 0 aliphatic carbocycles. The van der Waals surface area contributed by atoms with Gasteiger partial charge in [-0.3, -0.25) is 9.59 Å². The maximum Gasteiger partial charge on any atom is 0.254 e. The summed E-state index contributed by atoms with van der Waals surface area (Å²) in [5, 5.41) is 8.50. The lowest BCUT2D eigenvalue weighted by Gasteiger charge is -2.19. The van der Waals surface area contributed by atoms with Crippen LogP contribution in [0.1, 0.15) is 23.7 Å². The molecule has 0 aromatic carbocycles. The molecule has 90 valence electrons. The van der Waals surface area contributed by atoms with Crippen molar-refractivity contribution in [1.82, 2.24) is 9.47 Å². The molecule has 1 rings (SSSR count). The smallest absolute Gasteiger partial charge is 0.254 e. The van der Waals surface area contributed by atoms with Crippen molar-refractivity contribution in [3.63, 3.8) is 0 Å². The predicted octanol–water partition coefficient (Wildman–Crippen LogP) is 0.761. The highest BCUT2D eigenvalue weighted by Crippen LogP contribution is 2.02. The molecule has 0 fully saturated rings. The Balaban J connectivity index is 2.90. The largest absolute Gasteiger partial charge is 0.338 e. The van der Waals surface area contributed by atoms with Gasteiger partial charge in [-0.05, 0) is 13.0 Å². The fourth-order valence-electron chi connectivity index (χ4n) is 1.45. The Morgan fingerprint density at radius 2 is 2.29 bits per heavy atom. The summed E-state index contributed by atoms with van der Waals surface area (Å²) in [6, 6.07) is 4.93. The van der Waals surface area contributed by atoms with Gasteiger partial charge in [0.1, 0.15) is 0 Å². The second-order valence-corrected chi connectivity index (χ2v) is 3.66. The Morgan fingerprint density at radius 3 is 2.82 bits per heavy atom. The number of nitrogens with zero attached hydrogens (tertiary/aromatic N) is 3. The van der Waals surface area contributed by atoms with Crippen molar-refractivity contribution >= 4 is 5.91 Å². The van der Waals surface area contributed by atoms with Gasteiger partial charge in [-0.15, -0.1) is 0 Å². The van der Waals surface area contributed by atoms with E-state index in [1.54, 1.807) is 24.2 Å². The number of hydrogen-bond acceptors (Lipinski definition) is 3. The molecule has 1 aromatic heterocycles. The maximum atomic E-state index is 12.0. The van der Waals surface area contributed by atoms with Crippen LogP contribution in [-0.4, -0.2) is 28.5 Å². The number of nitriles is 1. The quantitative estimate of drug-likeness (QED) is 0.771. The number of carbonyl (C=O) groups excluding carboxylic acids is 1. The van der Waals surface area contributed by atoms with Gasteiger partial charge in [0.05, 0.1) is 12.5 Å². The predicted molar refractivity (Wildman–Crippen MR) is 63.5 cm³/mol. The van der Waals surface area contributed by atoms with Gasteiger partial charge in [0.2, 0.25) is 0 Å². The van der Waals surface area contributed by atoms with Crippen LogP contribution in [0.25, 0.3) is 0 Å². The summed E-state index contributed by atoms with van der Waals surface area (Å²) in [7, 11) is 1.63. The number of carbonyl (C=O) groups is 1. The Bertz CT molecular complexity index is 499. The molecular weight excluding hydrogens is 218 g/mol. The Hall–Kier alpha value is -2.09. The average Bonchev–Trinajstić information content (AvgIpc) is 2.33. The molecule has 0 unspecified atom stereocenters. The van der Waals surface area contributed by atoms with Crippen molar-refractivity contribution in [2.75, 3.05) is 13.1 Å². The summed E-state index contributed by atoms with van der Waals surface area (Å²) in [6.07, 6.45) is 1.86. The van der Waals surface area contributed by atoms with Crippen molar-refractivity contribution in [3.8, 4) is 6.07 Å². The van der Waals surface area contributed by atoms with Gasteiger partial charge in [-0.2, -0.15) is 5.26 Å². The van der Waals surface area contributed by atoms with Gasteiger partial charge in [-0.25, -0.2) is 0 Å². The summed E-state index contributed by atoms with van der Waals surface area (Å²) in [5.74, 6) is -0.208. The number of aromatic nitrogens is 1. The fourth-order valence-corrected chi connectivity index (χ4v) is 1.45. The first-order chi connectivity index (χ1) is 8.10. The Labute approximate surface area is 99.9 Å². The highest BCUT2D eigenvalue weighted by atomic mass is 16.2. The second-order valence-electron chi connectivity index (χ2n) is 3.66. The summed E-state index contributed by atoms with van der Waals surface area (Å²) in [4.78, 5) is 25.0. The van der Waals surface area contributed by atoms with Gasteiger partial charge in [0.25, 0.3) is 11.5 Å². The van der Waals surface area contributed by atoms with E-state index in [1.807, 2.05) is 13.0 Å². The fraction of sp³-hybridized carbons (Fsp3) is 0.417. The molecule has 1 aromatic rings. The highest BCUT2D eigenvalue weighted by Gasteiger charge is 2.14. The van der Waals surface area contributed by atoms with Gasteiger partial charge in [0, 0.05) is 38.0 Å². The molecule has 17 heavy (non-hydrogen) atoms. The lowest BCUT2D eigenvalue weighted by Crippen LogP contribution is -2.32. The van der Waals surface area contributed by atoms with E-state index in [9.17, 15) is 9.59 Å². The molecule has 0 atom stereocenters. The van der Waals surface area contributed by atoms with Gasteiger partial charge in [-0.1, -0.05) is 0 Å². The molecule has 0 radical (unpaired) electrons. The zero-order chi connectivity index (χ0) is 12.8. The molecule has 0 N–H and O–H groups in total. The van der Waals surface area contributed by atoms with Crippen molar-refractivity contribution in [2.45, 2.75) is 13.3 Å². The normalized spacial score (nSPS) is 9.71. The van der Waals surface area contributed by atoms with Crippen LogP contribution in [0.15, 0.2) is 23.1 Å². The summed E-state index contributed by atoms with van der Waals surface area (Å²) >= 11 is 0. The van der Waals surface area contributed by atoms with Gasteiger partial charge >= 0.3 is 0 Å². The maximum absolute atomic E-state index is 12.0. The van der Waals surface area contributed by atoms with E-state index >= 15 is 0 Å². The number of aryl methyl sites for hydroxylation is 1. The third-order valence-electron chi connectivity index (χ3n) is 2.51. The van der Waals surface area contributed by atoms with E-state index < -0.39 is 0 Å². The molecule has 0 aliphatic heterocycles. The van der Waals surface area contributed by atoms with E-state index in [2.05, 4.69) is 0 Å². The van der Waals surface area contributed by atoms with Crippen LogP contribution in [-0.2, 0) is 7.05 Å².